The first-order chi connectivity index (χ1) is 26.6. The Labute approximate surface area is 316 Å². The minimum atomic E-state index is 0.235. The zero-order chi connectivity index (χ0) is 36.7. The molecule has 1 heterocycles. The van der Waals surface area contributed by atoms with Crippen molar-refractivity contribution in [3.05, 3.63) is 206 Å². The summed E-state index contributed by atoms with van der Waals surface area (Å²) in [4.78, 5) is 14.9. The minimum Gasteiger partial charge on any atom is -0.507 e. The maximum atomic E-state index is 10.7. The summed E-state index contributed by atoms with van der Waals surface area (Å²) >= 11 is 0. The number of phenolic OH excluding ortho intramolecular Hbond substituents is 1. The van der Waals surface area contributed by atoms with Crippen molar-refractivity contribution in [3.63, 3.8) is 0 Å². The standard InChI is InChI=1S/C49H38N4O/c1-36-18-11-13-30-45(36)52(35-50-49-43(37-19-5-2-6-20-37)28-16-29-44(49)38-21-7-3-8-22-38)47-32-17-33-48(51-47)53(40-24-9-4-10-25-40)41-26-15-23-39(34-41)42-27-12-14-31-46(42)54/h2-35,54H,1H3. The van der Waals surface area contributed by atoms with Crippen molar-refractivity contribution in [2.24, 2.45) is 4.99 Å². The van der Waals surface area contributed by atoms with Gasteiger partial charge in [0.2, 0.25) is 0 Å². The number of hydrogen-bond donors (Lipinski definition) is 1. The normalized spacial score (nSPS) is 11.1. The van der Waals surface area contributed by atoms with Gasteiger partial charge >= 0.3 is 0 Å². The van der Waals surface area contributed by atoms with E-state index >= 15 is 0 Å². The smallest absolute Gasteiger partial charge is 0.140 e. The fourth-order valence-electron chi connectivity index (χ4n) is 6.77. The predicted molar refractivity (Wildman–Crippen MR) is 225 cm³/mol. The molecule has 0 amide bonds. The number of para-hydroxylation sites is 4. The molecule has 0 bridgehead atoms. The lowest BCUT2D eigenvalue weighted by Gasteiger charge is -2.27. The highest BCUT2D eigenvalue weighted by molar-refractivity contribution is 5.96. The molecule has 0 aliphatic rings. The SMILES string of the molecule is Cc1ccccc1N(C=Nc1c(-c2ccccc2)cccc1-c1ccccc1)c1cccc(N(c2ccccc2)c2cccc(-c3ccccc3O)c2)n1. The maximum Gasteiger partial charge on any atom is 0.140 e. The van der Waals surface area contributed by atoms with Gasteiger partial charge in [0.1, 0.15) is 23.7 Å². The second-order valence-electron chi connectivity index (χ2n) is 12.9. The van der Waals surface area contributed by atoms with Crippen LogP contribution in [0.4, 0.5) is 34.4 Å². The molecule has 5 heteroatoms. The Morgan fingerprint density at radius 1 is 0.481 bits per heavy atom. The van der Waals surface area contributed by atoms with Crippen LogP contribution >= 0.6 is 0 Å². The Morgan fingerprint density at radius 3 is 1.69 bits per heavy atom. The topological polar surface area (TPSA) is 52.0 Å². The molecule has 0 atom stereocenters. The monoisotopic (exact) mass is 698 g/mol. The highest BCUT2D eigenvalue weighted by Gasteiger charge is 2.19. The molecule has 0 radical (unpaired) electrons. The molecule has 54 heavy (non-hydrogen) atoms. The van der Waals surface area contributed by atoms with E-state index in [0.717, 1.165) is 67.5 Å². The van der Waals surface area contributed by atoms with Crippen molar-refractivity contribution >= 4 is 40.7 Å². The van der Waals surface area contributed by atoms with E-state index in [2.05, 4.69) is 120 Å². The summed E-state index contributed by atoms with van der Waals surface area (Å²) in [6.45, 7) is 2.11. The fourth-order valence-corrected chi connectivity index (χ4v) is 6.77. The van der Waals surface area contributed by atoms with Gasteiger partial charge in [-0.1, -0.05) is 152 Å². The quantitative estimate of drug-likeness (QED) is 0.114. The maximum absolute atomic E-state index is 10.7. The van der Waals surface area contributed by atoms with Crippen LogP contribution in [0.1, 0.15) is 5.56 Å². The first kappa shape index (κ1) is 33.9. The number of hydrogen-bond acceptors (Lipinski definition) is 4. The van der Waals surface area contributed by atoms with Crippen LogP contribution in [0, 0.1) is 6.92 Å². The van der Waals surface area contributed by atoms with Crippen LogP contribution in [0.25, 0.3) is 33.4 Å². The molecular formula is C49H38N4O. The Bertz CT molecular complexity index is 2480. The molecule has 0 unspecified atom stereocenters. The van der Waals surface area contributed by atoms with Crippen molar-refractivity contribution in [3.8, 4) is 39.1 Å². The Balaban J connectivity index is 1.28. The average Bonchev–Trinajstić information content (AvgIpc) is 3.23. The van der Waals surface area contributed by atoms with E-state index in [-0.39, 0.29) is 5.75 Å². The number of aromatic nitrogens is 1. The number of aryl methyl sites for hydroxylation is 1. The highest BCUT2D eigenvalue weighted by Crippen LogP contribution is 2.41. The Kier molecular flexibility index (Phi) is 9.76. The van der Waals surface area contributed by atoms with Crippen molar-refractivity contribution in [2.45, 2.75) is 6.92 Å². The van der Waals surface area contributed by atoms with E-state index in [0.29, 0.717) is 5.82 Å². The molecule has 5 nitrogen and oxygen atoms in total. The average molecular weight is 699 g/mol. The summed E-state index contributed by atoms with van der Waals surface area (Å²) in [7, 11) is 0. The molecule has 260 valence electrons. The number of aromatic hydroxyl groups is 1. The third-order valence-corrected chi connectivity index (χ3v) is 9.41. The van der Waals surface area contributed by atoms with Crippen LogP contribution in [0.15, 0.2) is 205 Å². The van der Waals surface area contributed by atoms with Gasteiger partial charge in [-0.3, -0.25) is 9.80 Å². The van der Waals surface area contributed by atoms with Crippen LogP contribution in [-0.2, 0) is 0 Å². The van der Waals surface area contributed by atoms with Crippen LogP contribution in [0.3, 0.4) is 0 Å². The first-order valence-corrected chi connectivity index (χ1v) is 18.0. The minimum absolute atomic E-state index is 0.235. The molecule has 0 saturated carbocycles. The van der Waals surface area contributed by atoms with Gasteiger partial charge in [-0.2, -0.15) is 0 Å². The van der Waals surface area contributed by atoms with Gasteiger partial charge in [0, 0.05) is 28.1 Å². The van der Waals surface area contributed by atoms with Gasteiger partial charge < -0.3 is 5.11 Å². The van der Waals surface area contributed by atoms with Crippen LogP contribution < -0.4 is 9.80 Å². The Hall–Kier alpha value is -7.24. The second-order valence-corrected chi connectivity index (χ2v) is 12.9. The van der Waals surface area contributed by atoms with E-state index in [4.69, 9.17) is 9.98 Å². The zero-order valence-electron chi connectivity index (χ0n) is 29.9. The highest BCUT2D eigenvalue weighted by atomic mass is 16.3. The van der Waals surface area contributed by atoms with Gasteiger partial charge in [-0.25, -0.2) is 9.98 Å². The molecule has 0 aliphatic heterocycles. The van der Waals surface area contributed by atoms with Crippen molar-refractivity contribution in [2.75, 3.05) is 9.80 Å². The summed E-state index contributed by atoms with van der Waals surface area (Å²) in [5.74, 6) is 1.68. The number of aliphatic imine (C=N–C) groups is 1. The van der Waals surface area contributed by atoms with Crippen molar-refractivity contribution in [1.29, 1.82) is 0 Å². The lowest BCUT2D eigenvalue weighted by atomic mass is 9.96. The molecule has 0 spiro atoms. The molecule has 0 aliphatic carbocycles. The number of nitrogens with zero attached hydrogens (tertiary/aromatic N) is 4. The number of rotatable bonds is 10. The predicted octanol–water partition coefficient (Wildman–Crippen LogP) is 13.1. The molecule has 8 rings (SSSR count). The summed E-state index contributed by atoms with van der Waals surface area (Å²) in [5, 5.41) is 10.7. The van der Waals surface area contributed by atoms with E-state index < -0.39 is 0 Å². The summed E-state index contributed by atoms with van der Waals surface area (Å²) in [5.41, 5.74) is 10.7. The number of pyridine rings is 1. The third kappa shape index (κ3) is 7.11. The largest absolute Gasteiger partial charge is 0.507 e. The first-order valence-electron chi connectivity index (χ1n) is 18.0. The van der Waals surface area contributed by atoms with Crippen LogP contribution in [0.5, 0.6) is 5.75 Å². The third-order valence-electron chi connectivity index (χ3n) is 9.41. The molecule has 7 aromatic carbocycles. The lowest BCUT2D eigenvalue weighted by Crippen LogP contribution is -2.19. The lowest BCUT2D eigenvalue weighted by molar-refractivity contribution is 0.477. The molecular weight excluding hydrogens is 661 g/mol. The van der Waals surface area contributed by atoms with E-state index in [1.807, 2.05) is 97.3 Å². The number of phenols is 1. The van der Waals surface area contributed by atoms with Crippen molar-refractivity contribution < 1.29 is 5.11 Å². The van der Waals surface area contributed by atoms with Gasteiger partial charge in [0.25, 0.3) is 0 Å². The molecule has 1 N–H and O–H groups in total. The van der Waals surface area contributed by atoms with E-state index in [9.17, 15) is 5.11 Å². The second kappa shape index (κ2) is 15.6. The van der Waals surface area contributed by atoms with Gasteiger partial charge in [0.15, 0.2) is 0 Å². The van der Waals surface area contributed by atoms with Gasteiger partial charge in [-0.15, -0.1) is 0 Å². The summed E-state index contributed by atoms with van der Waals surface area (Å²) in [6, 6.07) is 67.3. The van der Waals surface area contributed by atoms with E-state index in [1.165, 1.54) is 0 Å². The number of benzene rings is 7. The summed E-state index contributed by atoms with van der Waals surface area (Å²) < 4.78 is 0. The fraction of sp³-hybridized carbons (Fsp3) is 0.0204. The molecule has 0 saturated heterocycles. The molecule has 1 aromatic heterocycles. The van der Waals surface area contributed by atoms with Crippen LogP contribution in [0.2, 0.25) is 0 Å². The van der Waals surface area contributed by atoms with Crippen LogP contribution in [-0.4, -0.2) is 16.4 Å². The molecule has 0 fully saturated rings. The number of anilines is 5. The zero-order valence-corrected chi connectivity index (χ0v) is 29.9. The molecule has 8 aromatic rings. The Morgan fingerprint density at radius 2 is 1.00 bits per heavy atom. The van der Waals surface area contributed by atoms with Crippen molar-refractivity contribution in [1.82, 2.24) is 4.98 Å². The van der Waals surface area contributed by atoms with Gasteiger partial charge in [0.05, 0.1) is 11.4 Å². The van der Waals surface area contributed by atoms with E-state index in [1.54, 1.807) is 6.07 Å². The van der Waals surface area contributed by atoms with Gasteiger partial charge in [-0.05, 0) is 77.7 Å². The summed E-state index contributed by atoms with van der Waals surface area (Å²) in [6.07, 6.45) is 1.90.